The molecule has 2 aromatic rings. The molecule has 0 saturated heterocycles. The van der Waals surface area contributed by atoms with Gasteiger partial charge in [-0.2, -0.15) is 5.26 Å². The van der Waals surface area contributed by atoms with Gasteiger partial charge in [0.05, 0.1) is 35.5 Å². The van der Waals surface area contributed by atoms with Crippen LogP contribution in [0.2, 0.25) is 0 Å². The minimum atomic E-state index is 0.561. The van der Waals surface area contributed by atoms with Gasteiger partial charge in [0.25, 0.3) is 0 Å². The number of nitriles is 1. The first-order valence-electron chi connectivity index (χ1n) is 4.84. The van der Waals surface area contributed by atoms with E-state index in [1.165, 1.54) is 0 Å². The number of nitrogens with one attached hydrogen (secondary N) is 1. The fraction of sp³-hybridized carbons (Fsp3) is 0.0833. The Balaban J connectivity index is 2.08. The van der Waals surface area contributed by atoms with Crippen LogP contribution in [-0.4, -0.2) is 0 Å². The van der Waals surface area contributed by atoms with Gasteiger partial charge in [0.1, 0.15) is 0 Å². The largest absolute Gasteiger partial charge is 0.472 e. The number of nitrogens with zero attached hydrogens (tertiary/aromatic N) is 1. The van der Waals surface area contributed by atoms with Crippen molar-refractivity contribution in [3.05, 3.63) is 47.9 Å². The highest BCUT2D eigenvalue weighted by molar-refractivity contribution is 5.68. The zero-order chi connectivity index (χ0) is 11.4. The number of rotatable bonds is 3. The summed E-state index contributed by atoms with van der Waals surface area (Å²) in [4.78, 5) is 0. The van der Waals surface area contributed by atoms with Crippen molar-refractivity contribution >= 4 is 11.4 Å². The highest BCUT2D eigenvalue weighted by atomic mass is 16.3. The summed E-state index contributed by atoms with van der Waals surface area (Å²) in [6, 6.07) is 9.10. The Bertz CT molecular complexity index is 512. The molecule has 0 atom stereocenters. The molecule has 0 bridgehead atoms. The molecule has 1 aromatic carbocycles. The number of anilines is 2. The highest BCUT2D eigenvalue weighted by Crippen LogP contribution is 2.20. The third-order valence-corrected chi connectivity index (χ3v) is 2.24. The second-order valence-electron chi connectivity index (χ2n) is 3.40. The van der Waals surface area contributed by atoms with Crippen molar-refractivity contribution in [3.8, 4) is 6.07 Å². The van der Waals surface area contributed by atoms with E-state index in [4.69, 9.17) is 15.4 Å². The molecule has 0 unspecified atom stereocenters. The summed E-state index contributed by atoms with van der Waals surface area (Å²) in [5.74, 6) is 0. The van der Waals surface area contributed by atoms with Gasteiger partial charge in [-0.25, -0.2) is 0 Å². The fourth-order valence-corrected chi connectivity index (χ4v) is 1.38. The van der Waals surface area contributed by atoms with Gasteiger partial charge in [-0.05, 0) is 24.3 Å². The van der Waals surface area contributed by atoms with E-state index < -0.39 is 0 Å². The summed E-state index contributed by atoms with van der Waals surface area (Å²) in [5, 5.41) is 11.9. The zero-order valence-corrected chi connectivity index (χ0v) is 8.60. The Kier molecular flexibility index (Phi) is 2.79. The molecule has 0 aliphatic rings. The van der Waals surface area contributed by atoms with Crippen molar-refractivity contribution in [3.63, 3.8) is 0 Å². The summed E-state index contributed by atoms with van der Waals surface area (Å²) in [7, 11) is 0. The molecule has 16 heavy (non-hydrogen) atoms. The average Bonchev–Trinajstić information content (AvgIpc) is 2.80. The molecule has 0 aliphatic carbocycles. The Labute approximate surface area is 93.3 Å². The highest BCUT2D eigenvalue weighted by Gasteiger charge is 2.00. The Morgan fingerprint density at radius 2 is 2.25 bits per heavy atom. The molecule has 2 rings (SSSR count). The maximum Gasteiger partial charge on any atom is 0.0992 e. The zero-order valence-electron chi connectivity index (χ0n) is 8.60. The topological polar surface area (TPSA) is 75.0 Å². The number of nitrogen functional groups attached to an aromatic ring is 1. The molecule has 4 nitrogen and oxygen atoms in total. The molecule has 0 radical (unpaired) electrons. The molecular formula is C12H11N3O. The molecule has 4 heteroatoms. The fourth-order valence-electron chi connectivity index (χ4n) is 1.38. The van der Waals surface area contributed by atoms with Gasteiger partial charge in [-0.1, -0.05) is 0 Å². The Morgan fingerprint density at radius 3 is 2.88 bits per heavy atom. The van der Waals surface area contributed by atoms with E-state index in [2.05, 4.69) is 5.32 Å². The summed E-state index contributed by atoms with van der Waals surface area (Å²) in [6.45, 7) is 0.645. The lowest BCUT2D eigenvalue weighted by Crippen LogP contribution is -2.01. The normalized spacial score (nSPS) is 9.69. The number of hydrogen-bond donors (Lipinski definition) is 2. The van der Waals surface area contributed by atoms with Crippen LogP contribution in [-0.2, 0) is 6.54 Å². The predicted molar refractivity (Wildman–Crippen MR) is 61.6 cm³/mol. The quantitative estimate of drug-likeness (QED) is 0.767. The van der Waals surface area contributed by atoms with E-state index in [1.807, 2.05) is 12.1 Å². The summed E-state index contributed by atoms with van der Waals surface area (Å²) in [5.41, 5.74) is 8.80. The molecule has 0 fully saturated rings. The van der Waals surface area contributed by atoms with Crippen molar-refractivity contribution in [2.75, 3.05) is 11.1 Å². The first kappa shape index (κ1) is 10.1. The van der Waals surface area contributed by atoms with Crippen molar-refractivity contribution < 1.29 is 4.42 Å². The van der Waals surface area contributed by atoms with E-state index in [0.717, 1.165) is 11.3 Å². The number of benzene rings is 1. The molecule has 80 valence electrons. The Morgan fingerprint density at radius 1 is 1.38 bits per heavy atom. The third kappa shape index (κ3) is 2.15. The van der Waals surface area contributed by atoms with Crippen LogP contribution in [0, 0.1) is 11.3 Å². The lowest BCUT2D eigenvalue weighted by atomic mass is 10.2. The smallest absolute Gasteiger partial charge is 0.0992 e. The van der Waals surface area contributed by atoms with Gasteiger partial charge in [-0.15, -0.1) is 0 Å². The monoisotopic (exact) mass is 213 g/mol. The predicted octanol–water partition coefficient (Wildman–Crippen LogP) is 2.35. The van der Waals surface area contributed by atoms with Crippen LogP contribution in [0.5, 0.6) is 0 Å². The summed E-state index contributed by atoms with van der Waals surface area (Å²) < 4.78 is 4.96. The number of furan rings is 1. The van der Waals surface area contributed by atoms with Crippen LogP contribution in [0.15, 0.2) is 41.2 Å². The van der Waals surface area contributed by atoms with Crippen LogP contribution in [0.1, 0.15) is 11.1 Å². The molecular weight excluding hydrogens is 202 g/mol. The number of hydrogen-bond acceptors (Lipinski definition) is 4. The molecule has 0 amide bonds. The third-order valence-electron chi connectivity index (χ3n) is 2.24. The van der Waals surface area contributed by atoms with Gasteiger partial charge in [0.15, 0.2) is 0 Å². The van der Waals surface area contributed by atoms with Gasteiger partial charge >= 0.3 is 0 Å². The maximum atomic E-state index is 8.69. The standard InChI is InChI=1S/C12H11N3O/c13-6-9-1-2-12(11(14)5-9)15-7-10-3-4-16-8-10/h1-5,8,15H,7,14H2. The van der Waals surface area contributed by atoms with Crippen LogP contribution in [0.3, 0.4) is 0 Å². The van der Waals surface area contributed by atoms with Crippen LogP contribution in [0.4, 0.5) is 11.4 Å². The minimum absolute atomic E-state index is 0.561. The molecule has 1 aromatic heterocycles. The van der Waals surface area contributed by atoms with Crippen molar-refractivity contribution in [2.24, 2.45) is 0 Å². The van der Waals surface area contributed by atoms with Crippen LogP contribution >= 0.6 is 0 Å². The summed E-state index contributed by atoms with van der Waals surface area (Å²) in [6.07, 6.45) is 3.30. The first-order valence-corrected chi connectivity index (χ1v) is 4.84. The second kappa shape index (κ2) is 4.41. The summed E-state index contributed by atoms with van der Waals surface area (Å²) >= 11 is 0. The molecule has 0 spiro atoms. The molecule has 1 heterocycles. The van der Waals surface area contributed by atoms with Gasteiger partial charge in [0.2, 0.25) is 0 Å². The minimum Gasteiger partial charge on any atom is -0.472 e. The van der Waals surface area contributed by atoms with Crippen molar-refractivity contribution in [1.82, 2.24) is 0 Å². The van der Waals surface area contributed by atoms with E-state index in [0.29, 0.717) is 17.8 Å². The molecule has 0 aliphatic heterocycles. The lowest BCUT2D eigenvalue weighted by molar-refractivity contribution is 0.564. The molecule has 3 N–H and O–H groups in total. The van der Waals surface area contributed by atoms with Crippen LogP contribution in [0.25, 0.3) is 0 Å². The average molecular weight is 213 g/mol. The maximum absolute atomic E-state index is 8.69. The van der Waals surface area contributed by atoms with Gasteiger partial charge in [0, 0.05) is 12.1 Å². The van der Waals surface area contributed by atoms with Gasteiger partial charge < -0.3 is 15.5 Å². The second-order valence-corrected chi connectivity index (χ2v) is 3.40. The lowest BCUT2D eigenvalue weighted by Gasteiger charge is -2.07. The van der Waals surface area contributed by atoms with E-state index in [-0.39, 0.29) is 0 Å². The van der Waals surface area contributed by atoms with Crippen molar-refractivity contribution in [1.29, 1.82) is 5.26 Å². The van der Waals surface area contributed by atoms with E-state index >= 15 is 0 Å². The van der Waals surface area contributed by atoms with Crippen LogP contribution < -0.4 is 11.1 Å². The first-order chi connectivity index (χ1) is 7.79. The molecule has 0 saturated carbocycles. The SMILES string of the molecule is N#Cc1ccc(NCc2ccoc2)c(N)c1. The van der Waals surface area contributed by atoms with Gasteiger partial charge in [-0.3, -0.25) is 0 Å². The van der Waals surface area contributed by atoms with E-state index in [1.54, 1.807) is 30.7 Å². The van der Waals surface area contributed by atoms with E-state index in [9.17, 15) is 0 Å². The Hall–Kier alpha value is -2.41. The van der Waals surface area contributed by atoms with Crippen molar-refractivity contribution in [2.45, 2.75) is 6.54 Å². The number of nitrogens with two attached hydrogens (primary N) is 1.